The zero-order chi connectivity index (χ0) is 10.4. The van der Waals surface area contributed by atoms with Crippen molar-refractivity contribution in [3.63, 3.8) is 0 Å². The molecule has 0 atom stereocenters. The molecule has 0 radical (unpaired) electrons. The van der Waals surface area contributed by atoms with Crippen LogP contribution in [0.4, 0.5) is 0 Å². The number of hydrogen-bond acceptors (Lipinski definition) is 3. The predicted octanol–water partition coefficient (Wildman–Crippen LogP) is 2.55. The summed E-state index contributed by atoms with van der Waals surface area (Å²) in [6.07, 6.45) is 3.64. The molecule has 0 unspecified atom stereocenters. The molecular weight excluding hydrogens is 180 g/mol. The maximum absolute atomic E-state index is 11.1. The zero-order valence-electron chi connectivity index (χ0n) is 8.66. The van der Waals surface area contributed by atoms with Gasteiger partial charge in [0.2, 0.25) is 0 Å². The molecule has 0 spiro atoms. The Morgan fingerprint density at radius 3 is 2.93 bits per heavy atom. The molecule has 0 N–H and O–H groups in total. The normalized spacial score (nSPS) is 10.5. The SMILES string of the molecule is CC(C)OC(=O)CCCc1ccco1. The van der Waals surface area contributed by atoms with Crippen LogP contribution in [0.1, 0.15) is 32.4 Å². The van der Waals surface area contributed by atoms with Gasteiger partial charge in [0.1, 0.15) is 5.76 Å². The highest BCUT2D eigenvalue weighted by Crippen LogP contribution is 2.06. The van der Waals surface area contributed by atoms with Crippen LogP contribution < -0.4 is 0 Å². The summed E-state index contributed by atoms with van der Waals surface area (Å²) in [5, 5.41) is 0. The van der Waals surface area contributed by atoms with Crippen LogP contribution >= 0.6 is 0 Å². The molecule has 1 aromatic heterocycles. The van der Waals surface area contributed by atoms with Crippen LogP contribution in [0.5, 0.6) is 0 Å². The van der Waals surface area contributed by atoms with Crippen LogP contribution in [0.2, 0.25) is 0 Å². The van der Waals surface area contributed by atoms with Gasteiger partial charge in [0, 0.05) is 12.8 Å². The Labute approximate surface area is 84.1 Å². The van der Waals surface area contributed by atoms with Crippen molar-refractivity contribution in [1.82, 2.24) is 0 Å². The molecule has 1 heterocycles. The Balaban J connectivity index is 2.12. The van der Waals surface area contributed by atoms with Gasteiger partial charge in [-0.05, 0) is 32.4 Å². The molecule has 1 rings (SSSR count). The van der Waals surface area contributed by atoms with E-state index in [2.05, 4.69) is 0 Å². The number of aryl methyl sites for hydroxylation is 1. The van der Waals surface area contributed by atoms with E-state index < -0.39 is 0 Å². The summed E-state index contributed by atoms with van der Waals surface area (Å²) in [6, 6.07) is 3.76. The summed E-state index contributed by atoms with van der Waals surface area (Å²) in [6.45, 7) is 3.70. The van der Waals surface area contributed by atoms with Crippen molar-refractivity contribution in [2.45, 2.75) is 39.2 Å². The van der Waals surface area contributed by atoms with Gasteiger partial charge in [0.25, 0.3) is 0 Å². The van der Waals surface area contributed by atoms with Crippen molar-refractivity contribution < 1.29 is 13.9 Å². The van der Waals surface area contributed by atoms with Crippen molar-refractivity contribution in [3.05, 3.63) is 24.2 Å². The Morgan fingerprint density at radius 1 is 1.57 bits per heavy atom. The summed E-state index contributed by atoms with van der Waals surface area (Å²) < 4.78 is 10.1. The van der Waals surface area contributed by atoms with Crippen LogP contribution in [-0.2, 0) is 16.0 Å². The summed E-state index contributed by atoms with van der Waals surface area (Å²) >= 11 is 0. The van der Waals surface area contributed by atoms with Gasteiger partial charge >= 0.3 is 5.97 Å². The molecule has 0 amide bonds. The van der Waals surface area contributed by atoms with Gasteiger partial charge in [0.05, 0.1) is 12.4 Å². The van der Waals surface area contributed by atoms with Crippen LogP contribution in [-0.4, -0.2) is 12.1 Å². The van der Waals surface area contributed by atoms with Gasteiger partial charge in [-0.25, -0.2) is 0 Å². The van der Waals surface area contributed by atoms with Crippen molar-refractivity contribution in [1.29, 1.82) is 0 Å². The number of ether oxygens (including phenoxy) is 1. The number of rotatable bonds is 5. The third kappa shape index (κ3) is 4.12. The number of furan rings is 1. The average Bonchev–Trinajstić information content (AvgIpc) is 2.55. The second kappa shape index (κ2) is 5.47. The van der Waals surface area contributed by atoms with E-state index in [0.29, 0.717) is 6.42 Å². The molecule has 0 bridgehead atoms. The highest BCUT2D eigenvalue weighted by Gasteiger charge is 2.05. The fourth-order valence-electron chi connectivity index (χ4n) is 1.18. The third-order valence-corrected chi connectivity index (χ3v) is 1.75. The second-order valence-corrected chi connectivity index (χ2v) is 3.47. The maximum atomic E-state index is 11.1. The van der Waals surface area contributed by atoms with Gasteiger partial charge in [0.15, 0.2) is 0 Å². The van der Waals surface area contributed by atoms with Crippen molar-refractivity contribution in [2.24, 2.45) is 0 Å². The summed E-state index contributed by atoms with van der Waals surface area (Å²) in [5.41, 5.74) is 0. The number of esters is 1. The van der Waals surface area contributed by atoms with Crippen molar-refractivity contribution in [3.8, 4) is 0 Å². The van der Waals surface area contributed by atoms with Crippen LogP contribution in [0.15, 0.2) is 22.8 Å². The molecule has 78 valence electrons. The molecule has 14 heavy (non-hydrogen) atoms. The standard InChI is InChI=1S/C11H16O3/c1-9(2)14-11(12)7-3-5-10-6-4-8-13-10/h4,6,8-9H,3,5,7H2,1-2H3. The highest BCUT2D eigenvalue weighted by molar-refractivity contribution is 5.69. The fourth-order valence-corrected chi connectivity index (χ4v) is 1.18. The lowest BCUT2D eigenvalue weighted by molar-refractivity contribution is -0.147. The number of carbonyl (C=O) groups excluding carboxylic acids is 1. The van der Waals surface area contributed by atoms with E-state index in [0.717, 1.165) is 18.6 Å². The summed E-state index contributed by atoms with van der Waals surface area (Å²) in [5.74, 6) is 0.786. The molecule has 0 aromatic carbocycles. The van der Waals surface area contributed by atoms with E-state index in [4.69, 9.17) is 9.15 Å². The molecule has 0 saturated carbocycles. The zero-order valence-corrected chi connectivity index (χ0v) is 8.66. The molecule has 0 aliphatic carbocycles. The van der Waals surface area contributed by atoms with Gasteiger partial charge < -0.3 is 9.15 Å². The first-order valence-electron chi connectivity index (χ1n) is 4.90. The van der Waals surface area contributed by atoms with Gasteiger partial charge in [-0.2, -0.15) is 0 Å². The van der Waals surface area contributed by atoms with E-state index in [1.54, 1.807) is 6.26 Å². The minimum Gasteiger partial charge on any atom is -0.469 e. The monoisotopic (exact) mass is 196 g/mol. The van der Waals surface area contributed by atoms with E-state index in [1.165, 1.54) is 0 Å². The quantitative estimate of drug-likeness (QED) is 0.679. The first-order valence-corrected chi connectivity index (χ1v) is 4.90. The smallest absolute Gasteiger partial charge is 0.306 e. The molecule has 1 aromatic rings. The third-order valence-electron chi connectivity index (χ3n) is 1.75. The molecule has 0 aliphatic heterocycles. The van der Waals surface area contributed by atoms with Gasteiger partial charge in [-0.3, -0.25) is 4.79 Å². The summed E-state index contributed by atoms with van der Waals surface area (Å²) in [7, 11) is 0. The second-order valence-electron chi connectivity index (χ2n) is 3.47. The number of carbonyl (C=O) groups is 1. The van der Waals surface area contributed by atoms with E-state index in [1.807, 2.05) is 26.0 Å². The largest absolute Gasteiger partial charge is 0.469 e. The topological polar surface area (TPSA) is 39.4 Å². The number of hydrogen-bond donors (Lipinski definition) is 0. The lowest BCUT2D eigenvalue weighted by atomic mass is 10.2. The van der Waals surface area contributed by atoms with Crippen LogP contribution in [0.25, 0.3) is 0 Å². The average molecular weight is 196 g/mol. The first-order chi connectivity index (χ1) is 6.68. The Morgan fingerprint density at radius 2 is 2.36 bits per heavy atom. The fraction of sp³-hybridized carbons (Fsp3) is 0.545. The van der Waals surface area contributed by atoms with Crippen LogP contribution in [0, 0.1) is 0 Å². The van der Waals surface area contributed by atoms with E-state index >= 15 is 0 Å². The lowest BCUT2D eigenvalue weighted by Gasteiger charge is -2.06. The highest BCUT2D eigenvalue weighted by atomic mass is 16.5. The predicted molar refractivity (Wildman–Crippen MR) is 52.9 cm³/mol. The lowest BCUT2D eigenvalue weighted by Crippen LogP contribution is -2.11. The van der Waals surface area contributed by atoms with E-state index in [-0.39, 0.29) is 12.1 Å². The molecule has 3 nitrogen and oxygen atoms in total. The molecule has 0 aliphatic rings. The van der Waals surface area contributed by atoms with Crippen molar-refractivity contribution >= 4 is 5.97 Å². The van der Waals surface area contributed by atoms with E-state index in [9.17, 15) is 4.79 Å². The minimum absolute atomic E-state index is 0.0221. The molecule has 3 heteroatoms. The minimum atomic E-state index is -0.133. The molecule has 0 fully saturated rings. The van der Waals surface area contributed by atoms with Gasteiger partial charge in [-0.1, -0.05) is 0 Å². The van der Waals surface area contributed by atoms with Crippen LogP contribution in [0.3, 0.4) is 0 Å². The Bertz CT molecular complexity index is 262. The Kier molecular flexibility index (Phi) is 4.23. The molecular formula is C11H16O3. The van der Waals surface area contributed by atoms with Gasteiger partial charge in [-0.15, -0.1) is 0 Å². The maximum Gasteiger partial charge on any atom is 0.306 e. The first kappa shape index (κ1) is 10.8. The summed E-state index contributed by atoms with van der Waals surface area (Å²) in [4.78, 5) is 11.1. The molecule has 0 saturated heterocycles. The van der Waals surface area contributed by atoms with Crippen molar-refractivity contribution in [2.75, 3.05) is 0 Å². The Hall–Kier alpha value is -1.25.